The molecule has 1 amide bonds. The van der Waals surface area contributed by atoms with Crippen molar-refractivity contribution in [3.8, 4) is 0 Å². The summed E-state index contributed by atoms with van der Waals surface area (Å²) in [6.07, 6.45) is -2.96. The molecular weight excluding hydrogens is 432 g/mol. The van der Waals surface area contributed by atoms with Crippen molar-refractivity contribution in [2.45, 2.75) is 72.8 Å². The lowest BCUT2D eigenvalue weighted by molar-refractivity contribution is -0.283. The summed E-state index contributed by atoms with van der Waals surface area (Å²) in [6, 6.07) is -0.704. The molecule has 8 nitrogen and oxygen atoms in total. The fourth-order valence-electron chi connectivity index (χ4n) is 4.16. The predicted molar refractivity (Wildman–Crippen MR) is 97.1 cm³/mol. The number of carbonyl (C=O) groups excluding carboxylic acids is 1. The summed E-state index contributed by atoms with van der Waals surface area (Å²) in [6.45, 7) is 1.42. The Kier molecular flexibility index (Phi) is 6.83. The van der Waals surface area contributed by atoms with Crippen molar-refractivity contribution in [1.82, 2.24) is 10.6 Å². The fraction of sp³-hybridized carbons (Fsp3) is 0.938. The van der Waals surface area contributed by atoms with Crippen LogP contribution in [0.3, 0.4) is 0 Å². The topological polar surface area (TPSA) is 120 Å². The average Bonchev–Trinajstić information content (AvgIpc) is 3.01. The molecule has 150 valence electrons. The molecule has 1 saturated carbocycles. The molecule has 0 aromatic carbocycles. The van der Waals surface area contributed by atoms with Gasteiger partial charge in [0.1, 0.15) is 24.4 Å². The van der Waals surface area contributed by atoms with Gasteiger partial charge < -0.3 is 35.4 Å². The summed E-state index contributed by atoms with van der Waals surface area (Å²) < 4.78 is 11.8. The minimum Gasteiger partial charge on any atom is -0.394 e. The van der Waals surface area contributed by atoms with Crippen molar-refractivity contribution in [2.75, 3.05) is 13.2 Å². The molecule has 0 radical (unpaired) electrons. The third-order valence-corrected chi connectivity index (χ3v) is 7.43. The van der Waals surface area contributed by atoms with E-state index in [0.29, 0.717) is 6.54 Å². The molecule has 1 aliphatic carbocycles. The quantitative estimate of drug-likeness (QED) is 0.346. The molecule has 0 aromatic heterocycles. The number of fused-ring (bicyclic) bond motifs is 1. The Bertz CT molecular complexity index is 517. The summed E-state index contributed by atoms with van der Waals surface area (Å²) >= 11 is 10.2. The van der Waals surface area contributed by atoms with Crippen LogP contribution in [0.25, 0.3) is 0 Å². The molecule has 0 spiro atoms. The molecule has 3 aliphatic rings. The van der Waals surface area contributed by atoms with Gasteiger partial charge in [0, 0.05) is 30.3 Å². The number of halogens is 2. The number of carbonyl (C=O) groups is 1. The largest absolute Gasteiger partial charge is 0.394 e. The van der Waals surface area contributed by atoms with Gasteiger partial charge in [0.05, 0.1) is 18.1 Å². The molecular formula is C16H26BrClN2O6. The summed E-state index contributed by atoms with van der Waals surface area (Å²) in [5, 5.41) is 35.7. The van der Waals surface area contributed by atoms with Crippen LogP contribution in [-0.4, -0.2) is 87.4 Å². The molecule has 10 unspecified atom stereocenters. The van der Waals surface area contributed by atoms with Crippen LogP contribution in [0, 0.1) is 5.92 Å². The van der Waals surface area contributed by atoms with Gasteiger partial charge in [-0.3, -0.25) is 4.79 Å². The molecule has 26 heavy (non-hydrogen) atoms. The second kappa shape index (κ2) is 8.57. The van der Waals surface area contributed by atoms with Crippen molar-refractivity contribution in [1.29, 1.82) is 0 Å². The molecule has 3 rings (SSSR count). The van der Waals surface area contributed by atoms with E-state index < -0.39 is 37.3 Å². The first kappa shape index (κ1) is 20.7. The number of aliphatic hydroxyl groups excluding tert-OH is 3. The van der Waals surface area contributed by atoms with Crippen molar-refractivity contribution in [3.63, 3.8) is 0 Å². The maximum absolute atomic E-state index is 11.5. The van der Waals surface area contributed by atoms with Gasteiger partial charge in [-0.2, -0.15) is 0 Å². The van der Waals surface area contributed by atoms with E-state index in [1.54, 1.807) is 0 Å². The Hall–Kier alpha value is -0.000000000000000153. The Morgan fingerprint density at radius 2 is 2.12 bits per heavy atom. The number of hydrogen-bond donors (Lipinski definition) is 5. The summed E-state index contributed by atoms with van der Waals surface area (Å²) in [7, 11) is 0. The van der Waals surface area contributed by atoms with Crippen LogP contribution >= 0.6 is 27.5 Å². The molecule has 0 aromatic rings. The molecule has 0 bridgehead atoms. The average molecular weight is 458 g/mol. The van der Waals surface area contributed by atoms with Gasteiger partial charge in [0.15, 0.2) is 6.29 Å². The number of aliphatic hydroxyl groups is 3. The third kappa shape index (κ3) is 4.05. The number of ether oxygens (including phenoxy) is 2. The van der Waals surface area contributed by atoms with Crippen LogP contribution in [0.4, 0.5) is 0 Å². The zero-order valence-corrected chi connectivity index (χ0v) is 16.8. The zero-order chi connectivity index (χ0) is 19.0. The number of amides is 1. The monoisotopic (exact) mass is 456 g/mol. The summed E-state index contributed by atoms with van der Waals surface area (Å²) in [5.74, 6) is -0.329. The van der Waals surface area contributed by atoms with E-state index in [-0.39, 0.29) is 34.2 Å². The van der Waals surface area contributed by atoms with Crippen molar-refractivity contribution in [2.24, 2.45) is 5.92 Å². The van der Waals surface area contributed by atoms with E-state index in [1.165, 1.54) is 6.92 Å². The first-order valence-corrected chi connectivity index (χ1v) is 10.2. The highest BCUT2D eigenvalue weighted by Crippen LogP contribution is 2.40. The minimum atomic E-state index is -1.33. The van der Waals surface area contributed by atoms with E-state index in [9.17, 15) is 20.1 Å². The SMILES string of the molecule is CC(=O)NC1C(OC2CNC3CCC(Br)C(Cl)C32)OC(CO)C(O)C1O. The van der Waals surface area contributed by atoms with Crippen LogP contribution in [-0.2, 0) is 14.3 Å². The minimum absolute atomic E-state index is 0.0490. The molecule has 10 heteroatoms. The zero-order valence-electron chi connectivity index (χ0n) is 14.4. The van der Waals surface area contributed by atoms with Gasteiger partial charge in [-0.05, 0) is 12.8 Å². The van der Waals surface area contributed by atoms with Crippen molar-refractivity contribution >= 4 is 33.4 Å². The second-order valence-electron chi connectivity index (χ2n) is 7.24. The Morgan fingerprint density at radius 1 is 1.38 bits per heavy atom. The van der Waals surface area contributed by atoms with Gasteiger partial charge in [-0.25, -0.2) is 0 Å². The highest BCUT2D eigenvalue weighted by molar-refractivity contribution is 9.09. The maximum Gasteiger partial charge on any atom is 0.217 e. The lowest BCUT2D eigenvalue weighted by Gasteiger charge is -2.44. The van der Waals surface area contributed by atoms with E-state index in [2.05, 4.69) is 26.6 Å². The van der Waals surface area contributed by atoms with E-state index >= 15 is 0 Å². The summed E-state index contributed by atoms with van der Waals surface area (Å²) in [4.78, 5) is 11.7. The Labute approximate surface area is 165 Å². The lowest BCUT2D eigenvalue weighted by atomic mass is 9.83. The van der Waals surface area contributed by atoms with Crippen LogP contribution < -0.4 is 10.6 Å². The predicted octanol–water partition coefficient (Wildman–Crippen LogP) is -0.932. The van der Waals surface area contributed by atoms with Crippen molar-refractivity contribution < 1.29 is 29.6 Å². The first-order chi connectivity index (χ1) is 12.3. The maximum atomic E-state index is 11.5. The smallest absolute Gasteiger partial charge is 0.217 e. The normalized spacial score (nSPS) is 48.8. The van der Waals surface area contributed by atoms with E-state index in [4.69, 9.17) is 21.1 Å². The number of alkyl halides is 2. The van der Waals surface area contributed by atoms with Gasteiger partial charge in [0.25, 0.3) is 0 Å². The second-order valence-corrected chi connectivity index (χ2v) is 8.92. The van der Waals surface area contributed by atoms with E-state index in [1.807, 2.05) is 0 Å². The highest BCUT2D eigenvalue weighted by atomic mass is 79.9. The van der Waals surface area contributed by atoms with Crippen LogP contribution in [0.1, 0.15) is 19.8 Å². The molecule has 3 fully saturated rings. The van der Waals surface area contributed by atoms with Crippen LogP contribution in [0.2, 0.25) is 0 Å². The lowest BCUT2D eigenvalue weighted by Crippen LogP contribution is -2.65. The number of hydrogen-bond acceptors (Lipinski definition) is 7. The molecule has 5 N–H and O–H groups in total. The Morgan fingerprint density at radius 3 is 2.77 bits per heavy atom. The van der Waals surface area contributed by atoms with E-state index in [0.717, 1.165) is 12.8 Å². The van der Waals surface area contributed by atoms with Gasteiger partial charge >= 0.3 is 0 Å². The Balaban J connectivity index is 1.75. The van der Waals surface area contributed by atoms with Gasteiger partial charge in [0.2, 0.25) is 5.91 Å². The molecule has 2 saturated heterocycles. The number of rotatable bonds is 4. The van der Waals surface area contributed by atoms with Gasteiger partial charge in [-0.15, -0.1) is 11.6 Å². The van der Waals surface area contributed by atoms with Crippen LogP contribution in [0.15, 0.2) is 0 Å². The molecule has 2 aliphatic heterocycles. The first-order valence-electron chi connectivity index (χ1n) is 8.90. The number of nitrogens with one attached hydrogen (secondary N) is 2. The summed E-state index contributed by atoms with van der Waals surface area (Å²) in [5.41, 5.74) is 0. The third-order valence-electron chi connectivity index (χ3n) is 5.50. The van der Waals surface area contributed by atoms with Crippen molar-refractivity contribution in [3.05, 3.63) is 0 Å². The van der Waals surface area contributed by atoms with Crippen LogP contribution in [0.5, 0.6) is 0 Å². The fourth-order valence-corrected chi connectivity index (χ4v) is 5.24. The molecule has 10 atom stereocenters. The molecule has 2 heterocycles. The van der Waals surface area contributed by atoms with Gasteiger partial charge in [-0.1, -0.05) is 15.9 Å². The highest BCUT2D eigenvalue weighted by Gasteiger charge is 2.50. The standard InChI is InChI=1S/C16H26BrClN2O6/c1-6(22)20-13-15(24)14(23)10(5-21)26-16(13)25-9-4-19-8-3-2-7(17)12(18)11(8)9/h7-16,19,21,23-24H,2-5H2,1H3,(H,20,22).